The monoisotopic (exact) mass is 290 g/mol. The molecule has 0 saturated heterocycles. The lowest BCUT2D eigenvalue weighted by atomic mass is 10.2. The lowest BCUT2D eigenvalue weighted by Gasteiger charge is -2.15. The van der Waals surface area contributed by atoms with E-state index in [1.165, 1.54) is 24.3 Å². The van der Waals surface area contributed by atoms with E-state index in [9.17, 15) is 14.0 Å². The first-order valence-corrected chi connectivity index (χ1v) is 7.09. The minimum atomic E-state index is -0.460. The summed E-state index contributed by atoms with van der Waals surface area (Å²) >= 11 is 0. The summed E-state index contributed by atoms with van der Waals surface area (Å²) in [6.45, 7) is 4.13. The zero-order valence-corrected chi connectivity index (χ0v) is 12.2. The van der Waals surface area contributed by atoms with Crippen LogP contribution >= 0.6 is 0 Å². The van der Waals surface area contributed by atoms with E-state index in [1.807, 2.05) is 6.92 Å². The molecule has 1 amide bonds. The average Bonchev–Trinajstić information content (AvgIpc) is 2.42. The molecule has 5 heteroatoms. The Bertz CT molecular complexity index is 709. The molecule has 0 aliphatic rings. The lowest BCUT2D eigenvalue weighted by Crippen LogP contribution is -2.35. The molecule has 0 bridgehead atoms. The number of hydrogen-bond acceptors (Lipinski definition) is 2. The van der Waals surface area contributed by atoms with Gasteiger partial charge in [0.1, 0.15) is 12.4 Å². The van der Waals surface area contributed by atoms with Crippen molar-refractivity contribution < 1.29 is 9.18 Å². The number of nitrogens with zero attached hydrogens (tertiary/aromatic N) is 1. The number of hydrogen-bond donors (Lipinski definition) is 1. The van der Waals surface area contributed by atoms with Crippen LogP contribution in [-0.2, 0) is 11.3 Å². The minimum absolute atomic E-state index is 0.108. The van der Waals surface area contributed by atoms with E-state index in [0.717, 1.165) is 12.8 Å². The van der Waals surface area contributed by atoms with E-state index < -0.39 is 5.82 Å². The van der Waals surface area contributed by atoms with Gasteiger partial charge in [0.05, 0.1) is 5.52 Å². The number of amides is 1. The summed E-state index contributed by atoms with van der Waals surface area (Å²) in [6, 6.07) is 5.48. The quantitative estimate of drug-likeness (QED) is 0.919. The Hall–Kier alpha value is -2.17. The van der Waals surface area contributed by atoms with Gasteiger partial charge < -0.3 is 9.88 Å². The van der Waals surface area contributed by atoms with E-state index >= 15 is 0 Å². The number of carbonyl (C=O) groups excluding carboxylic acids is 1. The SMILES string of the molecule is CCCC(C)NC(=O)Cn1ccc(=O)c2cc(F)ccc21. The molecule has 0 aliphatic heterocycles. The second-order valence-electron chi connectivity index (χ2n) is 5.23. The fourth-order valence-corrected chi connectivity index (χ4v) is 2.40. The third kappa shape index (κ3) is 3.68. The van der Waals surface area contributed by atoms with Gasteiger partial charge in [-0.1, -0.05) is 13.3 Å². The van der Waals surface area contributed by atoms with E-state index in [4.69, 9.17) is 0 Å². The van der Waals surface area contributed by atoms with Crippen molar-refractivity contribution in [3.05, 3.63) is 46.5 Å². The number of carbonyl (C=O) groups is 1. The first-order chi connectivity index (χ1) is 10.0. The second kappa shape index (κ2) is 6.52. The molecule has 2 rings (SSSR count). The van der Waals surface area contributed by atoms with Crippen LogP contribution in [0.2, 0.25) is 0 Å². The molecule has 1 unspecified atom stereocenters. The number of halogens is 1. The van der Waals surface area contributed by atoms with Gasteiger partial charge in [-0.25, -0.2) is 4.39 Å². The largest absolute Gasteiger partial charge is 0.352 e. The van der Waals surface area contributed by atoms with Crippen LogP contribution in [0.15, 0.2) is 35.3 Å². The van der Waals surface area contributed by atoms with Gasteiger partial charge in [0.15, 0.2) is 5.43 Å². The van der Waals surface area contributed by atoms with Gasteiger partial charge in [-0.3, -0.25) is 9.59 Å². The highest BCUT2D eigenvalue weighted by Crippen LogP contribution is 2.12. The molecule has 1 aromatic carbocycles. The van der Waals surface area contributed by atoms with Gasteiger partial charge >= 0.3 is 0 Å². The second-order valence-corrected chi connectivity index (χ2v) is 5.23. The molecule has 1 aromatic heterocycles. The van der Waals surface area contributed by atoms with Crippen LogP contribution in [0.1, 0.15) is 26.7 Å². The molecular formula is C16H19FN2O2. The van der Waals surface area contributed by atoms with E-state index in [1.54, 1.807) is 10.8 Å². The Balaban J connectivity index is 2.25. The van der Waals surface area contributed by atoms with E-state index in [2.05, 4.69) is 12.2 Å². The molecule has 0 spiro atoms. The van der Waals surface area contributed by atoms with Crippen LogP contribution in [0.4, 0.5) is 4.39 Å². The molecule has 4 nitrogen and oxygen atoms in total. The van der Waals surface area contributed by atoms with E-state index in [0.29, 0.717) is 5.52 Å². The Morgan fingerprint density at radius 2 is 2.14 bits per heavy atom. The van der Waals surface area contributed by atoms with Crippen molar-refractivity contribution in [1.82, 2.24) is 9.88 Å². The maximum atomic E-state index is 13.2. The van der Waals surface area contributed by atoms with Gasteiger partial charge in [0.25, 0.3) is 0 Å². The van der Waals surface area contributed by atoms with Crippen molar-refractivity contribution in [3.8, 4) is 0 Å². The number of rotatable bonds is 5. The molecule has 0 saturated carbocycles. The summed E-state index contributed by atoms with van der Waals surface area (Å²) in [6.07, 6.45) is 3.48. The van der Waals surface area contributed by atoms with Crippen LogP contribution in [0.5, 0.6) is 0 Å². The Morgan fingerprint density at radius 3 is 2.86 bits per heavy atom. The summed E-state index contributed by atoms with van der Waals surface area (Å²) in [7, 11) is 0. The zero-order valence-electron chi connectivity index (χ0n) is 12.2. The minimum Gasteiger partial charge on any atom is -0.352 e. The number of benzene rings is 1. The highest BCUT2D eigenvalue weighted by molar-refractivity contribution is 5.82. The Morgan fingerprint density at radius 1 is 1.38 bits per heavy atom. The van der Waals surface area contributed by atoms with Crippen LogP contribution in [0.3, 0.4) is 0 Å². The van der Waals surface area contributed by atoms with Crippen molar-refractivity contribution in [2.45, 2.75) is 39.3 Å². The number of fused-ring (bicyclic) bond motifs is 1. The summed E-state index contributed by atoms with van der Waals surface area (Å²) in [5, 5.41) is 3.19. The van der Waals surface area contributed by atoms with Crippen LogP contribution in [-0.4, -0.2) is 16.5 Å². The van der Waals surface area contributed by atoms with Crippen molar-refractivity contribution in [2.75, 3.05) is 0 Å². The molecule has 112 valence electrons. The van der Waals surface area contributed by atoms with Crippen molar-refractivity contribution in [3.63, 3.8) is 0 Å². The smallest absolute Gasteiger partial charge is 0.240 e. The molecule has 2 aromatic rings. The zero-order chi connectivity index (χ0) is 15.4. The van der Waals surface area contributed by atoms with Crippen molar-refractivity contribution in [2.24, 2.45) is 0 Å². The van der Waals surface area contributed by atoms with Gasteiger partial charge in [-0.2, -0.15) is 0 Å². The van der Waals surface area contributed by atoms with E-state index in [-0.39, 0.29) is 29.3 Å². The fourth-order valence-electron chi connectivity index (χ4n) is 2.40. The first-order valence-electron chi connectivity index (χ1n) is 7.09. The predicted molar refractivity (Wildman–Crippen MR) is 80.7 cm³/mol. The molecule has 21 heavy (non-hydrogen) atoms. The van der Waals surface area contributed by atoms with Crippen LogP contribution in [0, 0.1) is 5.82 Å². The predicted octanol–water partition coefficient (Wildman–Crippen LogP) is 2.45. The van der Waals surface area contributed by atoms with Gasteiger partial charge in [0, 0.05) is 23.7 Å². The number of aromatic nitrogens is 1. The summed E-state index contributed by atoms with van der Waals surface area (Å²) in [5.41, 5.74) is 0.308. The standard InChI is InChI=1S/C16H19FN2O2/c1-3-4-11(2)18-16(21)10-19-8-7-15(20)13-9-12(17)5-6-14(13)19/h5-9,11H,3-4,10H2,1-2H3,(H,18,21). The fraction of sp³-hybridized carbons (Fsp3) is 0.375. The van der Waals surface area contributed by atoms with Gasteiger partial charge in [0.2, 0.25) is 5.91 Å². The highest BCUT2D eigenvalue weighted by atomic mass is 19.1. The molecule has 0 fully saturated rings. The molecule has 1 N–H and O–H groups in total. The van der Waals surface area contributed by atoms with Crippen molar-refractivity contribution in [1.29, 1.82) is 0 Å². The van der Waals surface area contributed by atoms with Crippen LogP contribution in [0.25, 0.3) is 10.9 Å². The molecule has 1 atom stereocenters. The summed E-state index contributed by atoms with van der Waals surface area (Å²) < 4.78 is 14.9. The maximum Gasteiger partial charge on any atom is 0.240 e. The molecule has 0 radical (unpaired) electrons. The third-order valence-corrected chi connectivity index (χ3v) is 3.38. The first kappa shape index (κ1) is 15.2. The summed E-state index contributed by atoms with van der Waals surface area (Å²) in [5.74, 6) is -0.580. The third-order valence-electron chi connectivity index (χ3n) is 3.38. The highest BCUT2D eigenvalue weighted by Gasteiger charge is 2.10. The maximum absolute atomic E-state index is 13.2. The average molecular weight is 290 g/mol. The molecular weight excluding hydrogens is 271 g/mol. The topological polar surface area (TPSA) is 51.1 Å². The number of pyridine rings is 1. The number of nitrogens with one attached hydrogen (secondary N) is 1. The molecule has 0 aliphatic carbocycles. The van der Waals surface area contributed by atoms with Crippen molar-refractivity contribution >= 4 is 16.8 Å². The normalized spacial score (nSPS) is 12.3. The van der Waals surface area contributed by atoms with Gasteiger partial charge in [-0.05, 0) is 31.5 Å². The molecule has 1 heterocycles. The van der Waals surface area contributed by atoms with Gasteiger partial charge in [-0.15, -0.1) is 0 Å². The summed E-state index contributed by atoms with van der Waals surface area (Å²) in [4.78, 5) is 23.8. The Labute approximate surface area is 122 Å². The Kier molecular flexibility index (Phi) is 4.73. The van der Waals surface area contributed by atoms with Crippen LogP contribution < -0.4 is 10.7 Å². The lowest BCUT2D eigenvalue weighted by molar-refractivity contribution is -0.122.